The summed E-state index contributed by atoms with van der Waals surface area (Å²) < 4.78 is 29.5. The molecule has 2 N–H and O–H groups in total. The molecule has 4 aromatic rings. The number of sulfonamides is 1. The number of rotatable bonds is 6. The van der Waals surface area contributed by atoms with E-state index in [1.807, 2.05) is 24.3 Å². The van der Waals surface area contributed by atoms with Crippen molar-refractivity contribution in [3.63, 3.8) is 0 Å². The van der Waals surface area contributed by atoms with Gasteiger partial charge in [-0.05, 0) is 30.3 Å². The molecule has 3 heterocycles. The Morgan fingerprint density at radius 1 is 1.19 bits per heavy atom. The van der Waals surface area contributed by atoms with Gasteiger partial charge in [0.05, 0.1) is 27.2 Å². The summed E-state index contributed by atoms with van der Waals surface area (Å²) in [4.78, 5) is 16.4. The lowest BCUT2D eigenvalue weighted by molar-refractivity contribution is 0.0956. The van der Waals surface area contributed by atoms with Gasteiger partial charge in [0.15, 0.2) is 5.01 Å². The summed E-state index contributed by atoms with van der Waals surface area (Å²) >= 11 is 1.27. The third kappa shape index (κ3) is 3.91. The first-order valence-corrected chi connectivity index (χ1v) is 10.5. The Kier molecular flexibility index (Phi) is 4.50. The van der Waals surface area contributed by atoms with E-state index in [1.165, 1.54) is 11.3 Å². The normalized spacial score (nSPS) is 11.7. The van der Waals surface area contributed by atoms with E-state index in [4.69, 9.17) is 0 Å². The van der Waals surface area contributed by atoms with Gasteiger partial charge in [-0.2, -0.15) is 5.10 Å². The highest BCUT2D eigenvalue weighted by molar-refractivity contribution is 7.92. The van der Waals surface area contributed by atoms with Crippen molar-refractivity contribution < 1.29 is 13.2 Å². The van der Waals surface area contributed by atoms with Crippen LogP contribution < -0.4 is 10.0 Å². The molecule has 0 saturated carbocycles. The number of benzene rings is 1. The van der Waals surface area contributed by atoms with Gasteiger partial charge in [-0.3, -0.25) is 9.52 Å². The number of thiazole rings is 1. The quantitative estimate of drug-likeness (QED) is 0.515. The zero-order valence-electron chi connectivity index (χ0n) is 14.0. The van der Waals surface area contributed by atoms with Crippen LogP contribution in [-0.2, 0) is 10.0 Å². The molecule has 0 unspecified atom stereocenters. The van der Waals surface area contributed by atoms with Gasteiger partial charge in [-0.15, -0.1) is 11.3 Å². The first-order chi connectivity index (χ1) is 13.0. The van der Waals surface area contributed by atoms with Gasteiger partial charge in [0.1, 0.15) is 0 Å². The van der Waals surface area contributed by atoms with E-state index in [0.717, 1.165) is 15.7 Å². The summed E-state index contributed by atoms with van der Waals surface area (Å²) in [6.07, 6.45) is 3.30. The predicted octanol–water partition coefficient (Wildman–Crippen LogP) is 2.12. The second-order valence-corrected chi connectivity index (χ2v) is 8.65. The van der Waals surface area contributed by atoms with Crippen LogP contribution in [-0.4, -0.2) is 41.2 Å². The Labute approximate surface area is 158 Å². The number of para-hydroxylation sites is 1. The van der Waals surface area contributed by atoms with Crippen molar-refractivity contribution >= 4 is 48.7 Å². The van der Waals surface area contributed by atoms with Crippen LogP contribution in [0.2, 0.25) is 0 Å². The van der Waals surface area contributed by atoms with Gasteiger partial charge in [0, 0.05) is 18.9 Å². The third-order valence-corrected chi connectivity index (χ3v) is 6.14. The fraction of sp³-hybridized carbons (Fsp3) is 0.118. The molecule has 4 rings (SSSR count). The number of pyridine rings is 1. The molecule has 0 bridgehead atoms. The van der Waals surface area contributed by atoms with Crippen molar-refractivity contribution in [1.82, 2.24) is 19.9 Å². The number of carbonyl (C=O) groups is 1. The van der Waals surface area contributed by atoms with E-state index >= 15 is 0 Å². The molecule has 0 aliphatic carbocycles. The monoisotopic (exact) mass is 401 g/mol. The maximum atomic E-state index is 12.2. The van der Waals surface area contributed by atoms with Gasteiger partial charge < -0.3 is 5.32 Å². The molecular weight excluding hydrogens is 386 g/mol. The number of hydrogen-bond donors (Lipinski definition) is 2. The van der Waals surface area contributed by atoms with Crippen molar-refractivity contribution in [1.29, 1.82) is 0 Å². The van der Waals surface area contributed by atoms with Crippen LogP contribution >= 0.6 is 11.3 Å². The minimum absolute atomic E-state index is 0.0149. The van der Waals surface area contributed by atoms with Crippen molar-refractivity contribution in [2.75, 3.05) is 17.0 Å². The zero-order valence-corrected chi connectivity index (χ0v) is 15.6. The molecule has 27 heavy (non-hydrogen) atoms. The van der Waals surface area contributed by atoms with E-state index in [9.17, 15) is 13.2 Å². The smallest absolute Gasteiger partial charge is 0.280 e. The SMILES string of the molecule is O=C(NCCS(=O)(=O)Nc1ccn2nccc2c1)c1nc2ccccc2s1. The lowest BCUT2D eigenvalue weighted by atomic mass is 10.3. The van der Waals surface area contributed by atoms with Gasteiger partial charge >= 0.3 is 0 Å². The average Bonchev–Trinajstić information content (AvgIpc) is 3.27. The molecule has 0 atom stereocenters. The first kappa shape index (κ1) is 17.4. The van der Waals surface area contributed by atoms with E-state index in [1.54, 1.807) is 35.1 Å². The highest BCUT2D eigenvalue weighted by Crippen LogP contribution is 2.21. The van der Waals surface area contributed by atoms with E-state index in [0.29, 0.717) is 10.7 Å². The molecule has 8 nitrogen and oxygen atoms in total. The van der Waals surface area contributed by atoms with Crippen molar-refractivity contribution in [2.45, 2.75) is 0 Å². The Bertz CT molecular complexity index is 1200. The van der Waals surface area contributed by atoms with Crippen LogP contribution in [0.15, 0.2) is 54.9 Å². The lowest BCUT2D eigenvalue weighted by Crippen LogP contribution is -2.31. The minimum Gasteiger partial charge on any atom is -0.349 e. The number of hydrogen-bond acceptors (Lipinski definition) is 6. The standard InChI is InChI=1S/C17H15N5O3S2/c23-16(17-20-14-3-1-2-4-15(14)26-17)18-8-10-27(24,25)21-12-6-9-22-13(11-12)5-7-19-22/h1-7,9,11,21H,8,10H2,(H,18,23). The Morgan fingerprint density at radius 2 is 2.04 bits per heavy atom. The van der Waals surface area contributed by atoms with Crippen molar-refractivity contribution in [3.8, 4) is 0 Å². The predicted molar refractivity (Wildman–Crippen MR) is 105 cm³/mol. The molecule has 1 aromatic carbocycles. The first-order valence-electron chi connectivity index (χ1n) is 8.08. The highest BCUT2D eigenvalue weighted by atomic mass is 32.2. The maximum Gasteiger partial charge on any atom is 0.280 e. The molecule has 3 aromatic heterocycles. The molecule has 0 saturated heterocycles. The number of fused-ring (bicyclic) bond motifs is 2. The number of amides is 1. The van der Waals surface area contributed by atoms with Crippen LogP contribution in [0.3, 0.4) is 0 Å². The second-order valence-electron chi connectivity index (χ2n) is 5.78. The third-order valence-electron chi connectivity index (χ3n) is 3.82. The summed E-state index contributed by atoms with van der Waals surface area (Å²) in [5, 5.41) is 6.97. The summed E-state index contributed by atoms with van der Waals surface area (Å²) in [6.45, 7) is -0.0149. The Morgan fingerprint density at radius 3 is 2.89 bits per heavy atom. The van der Waals surface area contributed by atoms with Crippen LogP contribution in [0.25, 0.3) is 15.7 Å². The summed E-state index contributed by atoms with van der Waals surface area (Å²) in [6, 6.07) is 12.5. The van der Waals surface area contributed by atoms with E-state index < -0.39 is 10.0 Å². The van der Waals surface area contributed by atoms with Crippen molar-refractivity contribution in [2.24, 2.45) is 0 Å². The van der Waals surface area contributed by atoms with E-state index in [2.05, 4.69) is 20.1 Å². The largest absolute Gasteiger partial charge is 0.349 e. The Balaban J connectivity index is 1.36. The maximum absolute atomic E-state index is 12.2. The van der Waals surface area contributed by atoms with Gasteiger partial charge in [-0.1, -0.05) is 12.1 Å². The molecule has 0 spiro atoms. The van der Waals surface area contributed by atoms with Gasteiger partial charge in [0.25, 0.3) is 5.91 Å². The molecular formula is C17H15N5O3S2. The van der Waals surface area contributed by atoms with Gasteiger partial charge in [0.2, 0.25) is 10.0 Å². The number of carbonyl (C=O) groups excluding carboxylic acids is 1. The van der Waals surface area contributed by atoms with Crippen molar-refractivity contribution in [3.05, 3.63) is 59.9 Å². The van der Waals surface area contributed by atoms with Crippen LogP contribution in [0, 0.1) is 0 Å². The zero-order chi connectivity index (χ0) is 18.9. The number of nitrogens with zero attached hydrogens (tertiary/aromatic N) is 3. The molecule has 0 fully saturated rings. The van der Waals surface area contributed by atoms with Crippen LogP contribution in [0.1, 0.15) is 9.80 Å². The van der Waals surface area contributed by atoms with Crippen LogP contribution in [0.5, 0.6) is 0 Å². The van der Waals surface area contributed by atoms with E-state index in [-0.39, 0.29) is 18.2 Å². The summed E-state index contributed by atoms with van der Waals surface area (Å²) in [5.41, 5.74) is 1.97. The number of anilines is 1. The molecule has 138 valence electrons. The highest BCUT2D eigenvalue weighted by Gasteiger charge is 2.15. The lowest BCUT2D eigenvalue weighted by Gasteiger charge is -2.08. The van der Waals surface area contributed by atoms with Gasteiger partial charge in [-0.25, -0.2) is 17.9 Å². The molecule has 0 aliphatic rings. The fourth-order valence-electron chi connectivity index (χ4n) is 2.56. The molecule has 0 radical (unpaired) electrons. The average molecular weight is 401 g/mol. The molecule has 1 amide bonds. The second kappa shape index (κ2) is 6.97. The molecule has 10 heteroatoms. The minimum atomic E-state index is -3.60. The number of nitrogens with one attached hydrogen (secondary N) is 2. The van der Waals surface area contributed by atoms with Crippen LogP contribution in [0.4, 0.5) is 5.69 Å². The summed E-state index contributed by atoms with van der Waals surface area (Å²) in [5.74, 6) is -0.624. The fourth-order valence-corrected chi connectivity index (χ4v) is 4.40. The Hall–Kier alpha value is -2.98. The topological polar surface area (TPSA) is 105 Å². The number of aromatic nitrogens is 3. The summed E-state index contributed by atoms with van der Waals surface area (Å²) in [7, 11) is -3.60. The molecule has 0 aliphatic heterocycles.